The van der Waals surface area contributed by atoms with Crippen molar-refractivity contribution in [3.63, 3.8) is 0 Å². The lowest BCUT2D eigenvalue weighted by molar-refractivity contribution is 0.0375. The van der Waals surface area contributed by atoms with Gasteiger partial charge in [0.05, 0.1) is 17.8 Å². The summed E-state index contributed by atoms with van der Waals surface area (Å²) in [5.41, 5.74) is 0.774. The van der Waals surface area contributed by atoms with Crippen molar-refractivity contribution in [3.05, 3.63) is 17.0 Å². The van der Waals surface area contributed by atoms with Crippen LogP contribution in [0, 0.1) is 13.8 Å². The highest BCUT2D eigenvalue weighted by Crippen LogP contribution is 2.35. The third kappa shape index (κ3) is 2.27. The van der Waals surface area contributed by atoms with Crippen LogP contribution in [-0.4, -0.2) is 39.8 Å². The molecule has 1 fully saturated rings. The summed E-state index contributed by atoms with van der Waals surface area (Å²) < 4.78 is 5.08. The molecular formula is C14H22N2O3. The molecule has 19 heavy (non-hydrogen) atoms. The molecule has 1 saturated heterocycles. The summed E-state index contributed by atoms with van der Waals surface area (Å²) in [5, 5.41) is 13.6. The normalized spacial score (nSPS) is 23.1. The quantitative estimate of drug-likeness (QED) is 0.905. The molecule has 0 aromatic carbocycles. The molecule has 0 aliphatic carbocycles. The van der Waals surface area contributed by atoms with Crippen LogP contribution in [0.4, 0.5) is 0 Å². The van der Waals surface area contributed by atoms with Crippen molar-refractivity contribution < 1.29 is 14.4 Å². The Labute approximate surface area is 113 Å². The van der Waals surface area contributed by atoms with Crippen molar-refractivity contribution in [2.75, 3.05) is 13.2 Å². The summed E-state index contributed by atoms with van der Waals surface area (Å²) in [4.78, 5) is 14.5. The molecule has 0 saturated carbocycles. The van der Waals surface area contributed by atoms with Crippen molar-refractivity contribution >= 4 is 5.91 Å². The van der Waals surface area contributed by atoms with Crippen LogP contribution in [0.3, 0.4) is 0 Å². The summed E-state index contributed by atoms with van der Waals surface area (Å²) in [6.45, 7) is 6.33. The van der Waals surface area contributed by atoms with Crippen molar-refractivity contribution in [1.29, 1.82) is 0 Å². The standard InChI is InChI=1S/C14H22N2O3/c1-4-6-14(9-17)7-5-8-16(14)13(18)12-10(2)15-19-11(12)3/h17H,4-9H2,1-3H3. The van der Waals surface area contributed by atoms with Crippen molar-refractivity contribution in [3.8, 4) is 0 Å². The van der Waals surface area contributed by atoms with Gasteiger partial charge < -0.3 is 14.5 Å². The van der Waals surface area contributed by atoms with Gasteiger partial charge in [0.1, 0.15) is 11.3 Å². The fourth-order valence-electron chi connectivity index (χ4n) is 3.15. The average Bonchev–Trinajstić information content (AvgIpc) is 2.94. The molecule has 1 aromatic heterocycles. The number of hydrogen-bond acceptors (Lipinski definition) is 4. The lowest BCUT2D eigenvalue weighted by Crippen LogP contribution is -2.50. The van der Waals surface area contributed by atoms with Crippen molar-refractivity contribution in [1.82, 2.24) is 10.1 Å². The van der Waals surface area contributed by atoms with Crippen LogP contribution >= 0.6 is 0 Å². The number of carbonyl (C=O) groups excluding carboxylic acids is 1. The number of carbonyl (C=O) groups is 1. The summed E-state index contributed by atoms with van der Waals surface area (Å²) >= 11 is 0. The number of aliphatic hydroxyl groups is 1. The first-order chi connectivity index (χ1) is 9.05. The number of hydrogen-bond donors (Lipinski definition) is 1. The highest BCUT2D eigenvalue weighted by molar-refractivity contribution is 5.96. The first-order valence-corrected chi connectivity index (χ1v) is 6.91. The van der Waals surface area contributed by atoms with Gasteiger partial charge in [-0.3, -0.25) is 4.79 Å². The maximum atomic E-state index is 12.7. The molecule has 0 radical (unpaired) electrons. The molecule has 106 valence electrons. The number of nitrogens with zero attached hydrogens (tertiary/aromatic N) is 2. The number of likely N-dealkylation sites (tertiary alicyclic amines) is 1. The van der Waals surface area contributed by atoms with Gasteiger partial charge in [-0.25, -0.2) is 0 Å². The van der Waals surface area contributed by atoms with Gasteiger partial charge in [0.25, 0.3) is 5.91 Å². The Bertz CT molecular complexity index is 450. The van der Waals surface area contributed by atoms with E-state index in [2.05, 4.69) is 12.1 Å². The van der Waals surface area contributed by atoms with Crippen LogP contribution in [0.1, 0.15) is 54.4 Å². The van der Waals surface area contributed by atoms with Crippen molar-refractivity contribution in [2.24, 2.45) is 0 Å². The molecule has 5 nitrogen and oxygen atoms in total. The van der Waals surface area contributed by atoms with Crippen LogP contribution in [0.15, 0.2) is 4.52 Å². The molecule has 5 heteroatoms. The Morgan fingerprint density at radius 2 is 2.26 bits per heavy atom. The summed E-state index contributed by atoms with van der Waals surface area (Å²) in [7, 11) is 0. The molecule has 1 aliphatic rings. The van der Waals surface area contributed by atoms with Crippen LogP contribution in [-0.2, 0) is 0 Å². The molecule has 1 aromatic rings. The van der Waals surface area contributed by atoms with E-state index in [0.29, 0.717) is 23.6 Å². The Morgan fingerprint density at radius 1 is 1.53 bits per heavy atom. The van der Waals surface area contributed by atoms with E-state index in [0.717, 1.165) is 25.7 Å². The maximum Gasteiger partial charge on any atom is 0.259 e. The lowest BCUT2D eigenvalue weighted by atomic mass is 9.91. The zero-order valence-corrected chi connectivity index (χ0v) is 11.9. The van der Waals surface area contributed by atoms with Gasteiger partial charge in [-0.1, -0.05) is 18.5 Å². The Kier molecular flexibility index (Phi) is 3.94. The Hall–Kier alpha value is -1.36. The first-order valence-electron chi connectivity index (χ1n) is 6.91. The first kappa shape index (κ1) is 14.1. The molecular weight excluding hydrogens is 244 g/mol. The van der Waals surface area contributed by atoms with E-state index in [-0.39, 0.29) is 12.5 Å². The molecule has 1 aliphatic heterocycles. The Balaban J connectivity index is 2.32. The van der Waals surface area contributed by atoms with Gasteiger partial charge in [0.2, 0.25) is 0 Å². The van der Waals surface area contributed by atoms with Crippen LogP contribution in [0.5, 0.6) is 0 Å². The van der Waals surface area contributed by atoms with Gasteiger partial charge in [-0.2, -0.15) is 0 Å². The smallest absolute Gasteiger partial charge is 0.259 e. The minimum atomic E-state index is -0.401. The molecule has 2 rings (SSSR count). The van der Waals surface area contributed by atoms with E-state index < -0.39 is 5.54 Å². The van der Waals surface area contributed by atoms with Gasteiger partial charge in [0, 0.05) is 6.54 Å². The van der Waals surface area contributed by atoms with Gasteiger partial charge in [0.15, 0.2) is 0 Å². The van der Waals surface area contributed by atoms with E-state index in [1.54, 1.807) is 13.8 Å². The van der Waals surface area contributed by atoms with E-state index >= 15 is 0 Å². The number of aryl methyl sites for hydroxylation is 2. The highest BCUT2D eigenvalue weighted by Gasteiger charge is 2.43. The summed E-state index contributed by atoms with van der Waals surface area (Å²) in [5.74, 6) is 0.494. The molecule has 1 unspecified atom stereocenters. The number of rotatable bonds is 4. The number of aliphatic hydroxyl groups excluding tert-OH is 1. The molecule has 0 bridgehead atoms. The van der Waals surface area contributed by atoms with Crippen LogP contribution < -0.4 is 0 Å². The van der Waals surface area contributed by atoms with E-state index in [4.69, 9.17) is 4.52 Å². The topological polar surface area (TPSA) is 66.6 Å². The number of amides is 1. The van der Waals surface area contributed by atoms with Gasteiger partial charge in [-0.15, -0.1) is 0 Å². The highest BCUT2D eigenvalue weighted by atomic mass is 16.5. The zero-order chi connectivity index (χ0) is 14.0. The van der Waals surface area contributed by atoms with Crippen LogP contribution in [0.25, 0.3) is 0 Å². The monoisotopic (exact) mass is 266 g/mol. The van der Waals surface area contributed by atoms with E-state index in [1.807, 2.05) is 4.90 Å². The third-order valence-corrected chi connectivity index (χ3v) is 4.10. The Morgan fingerprint density at radius 3 is 2.79 bits per heavy atom. The van der Waals surface area contributed by atoms with Crippen LogP contribution in [0.2, 0.25) is 0 Å². The van der Waals surface area contributed by atoms with Gasteiger partial charge in [-0.05, 0) is 33.1 Å². The summed E-state index contributed by atoms with van der Waals surface area (Å²) in [6, 6.07) is 0. The minimum Gasteiger partial charge on any atom is -0.394 e. The second-order valence-corrected chi connectivity index (χ2v) is 5.39. The number of aromatic nitrogens is 1. The zero-order valence-electron chi connectivity index (χ0n) is 11.9. The fraction of sp³-hybridized carbons (Fsp3) is 0.714. The maximum absolute atomic E-state index is 12.7. The van der Waals surface area contributed by atoms with E-state index in [9.17, 15) is 9.90 Å². The van der Waals surface area contributed by atoms with E-state index in [1.165, 1.54) is 0 Å². The predicted molar refractivity (Wildman–Crippen MR) is 71.0 cm³/mol. The molecule has 1 atom stereocenters. The second kappa shape index (κ2) is 5.33. The lowest BCUT2D eigenvalue weighted by Gasteiger charge is -2.37. The predicted octanol–water partition coefficient (Wildman–Crippen LogP) is 2.06. The molecule has 2 heterocycles. The fourth-order valence-corrected chi connectivity index (χ4v) is 3.15. The molecule has 0 spiro atoms. The molecule has 1 N–H and O–H groups in total. The SMILES string of the molecule is CCCC1(CO)CCCN1C(=O)c1c(C)noc1C. The largest absolute Gasteiger partial charge is 0.394 e. The summed E-state index contributed by atoms with van der Waals surface area (Å²) in [6.07, 6.45) is 3.59. The second-order valence-electron chi connectivity index (χ2n) is 5.39. The van der Waals surface area contributed by atoms with Crippen molar-refractivity contribution in [2.45, 2.75) is 52.0 Å². The third-order valence-electron chi connectivity index (χ3n) is 4.10. The van der Waals surface area contributed by atoms with Gasteiger partial charge >= 0.3 is 0 Å². The molecule has 1 amide bonds. The minimum absolute atomic E-state index is 0.0238. The average molecular weight is 266 g/mol.